The number of ether oxygens (including phenoxy) is 1. The second-order valence-electron chi connectivity index (χ2n) is 4.59. The highest BCUT2D eigenvalue weighted by molar-refractivity contribution is 5.89. The van der Waals surface area contributed by atoms with Crippen molar-refractivity contribution in [2.75, 3.05) is 17.7 Å². The topological polar surface area (TPSA) is 76.1 Å². The molecule has 2 N–H and O–H groups in total. The summed E-state index contributed by atoms with van der Waals surface area (Å²) in [7, 11) is 1.60. The summed E-state index contributed by atoms with van der Waals surface area (Å²) in [6.07, 6.45) is 4.99. The molecule has 1 atom stereocenters. The molecule has 6 nitrogen and oxygen atoms in total. The van der Waals surface area contributed by atoms with Crippen LogP contribution in [0.15, 0.2) is 36.8 Å². The van der Waals surface area contributed by atoms with Gasteiger partial charge in [0.1, 0.15) is 5.75 Å². The minimum Gasteiger partial charge on any atom is -0.495 e. The van der Waals surface area contributed by atoms with E-state index in [1.165, 1.54) is 6.92 Å². The number of anilines is 2. The number of methoxy groups -OCH3 is 1. The zero-order valence-corrected chi connectivity index (χ0v) is 12.3. The van der Waals surface area contributed by atoms with E-state index >= 15 is 0 Å². The van der Waals surface area contributed by atoms with E-state index in [4.69, 9.17) is 4.74 Å². The molecule has 1 aromatic heterocycles. The molecule has 1 unspecified atom stereocenters. The van der Waals surface area contributed by atoms with Crippen LogP contribution in [-0.2, 0) is 4.79 Å². The molecule has 0 saturated heterocycles. The molecule has 0 fully saturated rings. The van der Waals surface area contributed by atoms with E-state index in [0.29, 0.717) is 11.4 Å². The number of carbonyl (C=O) groups is 1. The van der Waals surface area contributed by atoms with Gasteiger partial charge in [-0.25, -0.2) is 0 Å². The summed E-state index contributed by atoms with van der Waals surface area (Å²) in [4.78, 5) is 19.5. The molecule has 0 radical (unpaired) electrons. The maximum absolute atomic E-state index is 11.1. The normalized spacial score (nSPS) is 11.6. The average molecular weight is 286 g/mol. The van der Waals surface area contributed by atoms with Crippen LogP contribution >= 0.6 is 0 Å². The van der Waals surface area contributed by atoms with Crippen molar-refractivity contribution < 1.29 is 9.53 Å². The van der Waals surface area contributed by atoms with Gasteiger partial charge in [-0.1, -0.05) is 0 Å². The number of carbonyl (C=O) groups excluding carboxylic acids is 1. The number of rotatable bonds is 5. The van der Waals surface area contributed by atoms with E-state index in [-0.39, 0.29) is 11.9 Å². The fourth-order valence-corrected chi connectivity index (χ4v) is 1.94. The molecular formula is C15H18N4O2. The van der Waals surface area contributed by atoms with Gasteiger partial charge in [0, 0.05) is 25.0 Å². The monoisotopic (exact) mass is 286 g/mol. The van der Waals surface area contributed by atoms with Crippen molar-refractivity contribution in [1.82, 2.24) is 9.97 Å². The maximum Gasteiger partial charge on any atom is 0.221 e. The van der Waals surface area contributed by atoms with Crippen molar-refractivity contribution in [1.29, 1.82) is 0 Å². The summed E-state index contributed by atoms with van der Waals surface area (Å²) < 4.78 is 5.33. The van der Waals surface area contributed by atoms with Crippen molar-refractivity contribution in [2.24, 2.45) is 0 Å². The van der Waals surface area contributed by atoms with E-state index in [0.717, 1.165) is 11.4 Å². The van der Waals surface area contributed by atoms with Gasteiger partial charge in [-0.15, -0.1) is 0 Å². The third-order valence-electron chi connectivity index (χ3n) is 2.92. The van der Waals surface area contributed by atoms with Gasteiger partial charge in [-0.2, -0.15) is 0 Å². The van der Waals surface area contributed by atoms with Gasteiger partial charge in [0.25, 0.3) is 0 Å². The van der Waals surface area contributed by atoms with E-state index in [9.17, 15) is 4.79 Å². The number of benzene rings is 1. The summed E-state index contributed by atoms with van der Waals surface area (Å²) in [5.74, 6) is 0.577. The summed E-state index contributed by atoms with van der Waals surface area (Å²) >= 11 is 0. The van der Waals surface area contributed by atoms with Crippen LogP contribution in [0.5, 0.6) is 5.75 Å². The van der Waals surface area contributed by atoms with Crippen LogP contribution in [0.1, 0.15) is 25.6 Å². The molecule has 0 saturated carbocycles. The lowest BCUT2D eigenvalue weighted by molar-refractivity contribution is -0.114. The first-order chi connectivity index (χ1) is 10.1. The molecule has 1 amide bonds. The highest BCUT2D eigenvalue weighted by atomic mass is 16.5. The molecule has 0 aliphatic rings. The number of aromatic nitrogens is 2. The Morgan fingerprint density at radius 1 is 1.33 bits per heavy atom. The molecule has 2 aromatic rings. The van der Waals surface area contributed by atoms with Crippen LogP contribution < -0.4 is 15.4 Å². The van der Waals surface area contributed by atoms with Gasteiger partial charge in [0.2, 0.25) is 5.91 Å². The lowest BCUT2D eigenvalue weighted by atomic mass is 10.2. The Morgan fingerprint density at radius 3 is 2.76 bits per heavy atom. The quantitative estimate of drug-likeness (QED) is 0.883. The van der Waals surface area contributed by atoms with Crippen LogP contribution in [0.25, 0.3) is 0 Å². The first-order valence-corrected chi connectivity index (χ1v) is 6.58. The van der Waals surface area contributed by atoms with Crippen molar-refractivity contribution in [3.63, 3.8) is 0 Å². The van der Waals surface area contributed by atoms with Crippen LogP contribution in [0.4, 0.5) is 11.4 Å². The summed E-state index contributed by atoms with van der Waals surface area (Å²) in [5.41, 5.74) is 2.31. The number of hydrogen-bond acceptors (Lipinski definition) is 5. The molecular weight excluding hydrogens is 268 g/mol. The molecule has 0 bridgehead atoms. The standard InChI is InChI=1S/C15H18N4O2/c1-10(14-9-16-6-7-17-14)18-13-8-12(19-11(2)20)4-5-15(13)21-3/h4-10,18H,1-3H3,(H,19,20). The predicted molar refractivity (Wildman–Crippen MR) is 81.4 cm³/mol. The number of hydrogen-bond donors (Lipinski definition) is 2. The summed E-state index contributed by atoms with van der Waals surface area (Å²) in [6, 6.07) is 5.38. The molecule has 6 heteroatoms. The number of amides is 1. The molecule has 0 aliphatic carbocycles. The van der Waals surface area contributed by atoms with Gasteiger partial charge in [-0.3, -0.25) is 14.8 Å². The zero-order chi connectivity index (χ0) is 15.2. The first kappa shape index (κ1) is 14.8. The smallest absolute Gasteiger partial charge is 0.221 e. The number of nitrogens with one attached hydrogen (secondary N) is 2. The lowest BCUT2D eigenvalue weighted by Crippen LogP contribution is -2.11. The average Bonchev–Trinajstić information content (AvgIpc) is 2.48. The Kier molecular flexibility index (Phi) is 4.71. The lowest BCUT2D eigenvalue weighted by Gasteiger charge is -2.18. The van der Waals surface area contributed by atoms with Crippen LogP contribution in [0, 0.1) is 0 Å². The molecule has 2 rings (SSSR count). The fraction of sp³-hybridized carbons (Fsp3) is 0.267. The van der Waals surface area contributed by atoms with Gasteiger partial charge in [0.05, 0.1) is 30.7 Å². The van der Waals surface area contributed by atoms with E-state index in [1.54, 1.807) is 37.8 Å². The van der Waals surface area contributed by atoms with Crippen LogP contribution in [0.3, 0.4) is 0 Å². The Balaban J connectivity index is 2.22. The molecule has 0 spiro atoms. The SMILES string of the molecule is COc1ccc(NC(C)=O)cc1NC(C)c1cnccn1. The van der Waals surface area contributed by atoms with Gasteiger partial charge >= 0.3 is 0 Å². The van der Waals surface area contributed by atoms with Crippen LogP contribution in [-0.4, -0.2) is 23.0 Å². The predicted octanol–water partition coefficient (Wildman–Crippen LogP) is 2.62. The maximum atomic E-state index is 11.1. The summed E-state index contributed by atoms with van der Waals surface area (Å²) in [5, 5.41) is 6.06. The molecule has 110 valence electrons. The summed E-state index contributed by atoms with van der Waals surface area (Å²) in [6.45, 7) is 3.45. The Morgan fingerprint density at radius 2 is 2.14 bits per heavy atom. The molecule has 1 heterocycles. The second kappa shape index (κ2) is 6.69. The van der Waals surface area contributed by atoms with Gasteiger partial charge in [0.15, 0.2) is 0 Å². The van der Waals surface area contributed by atoms with Crippen molar-refractivity contribution in [3.05, 3.63) is 42.5 Å². The van der Waals surface area contributed by atoms with Crippen LogP contribution in [0.2, 0.25) is 0 Å². The van der Waals surface area contributed by atoms with Crippen molar-refractivity contribution in [3.8, 4) is 5.75 Å². The van der Waals surface area contributed by atoms with Gasteiger partial charge in [-0.05, 0) is 25.1 Å². The highest BCUT2D eigenvalue weighted by Gasteiger charge is 2.11. The largest absolute Gasteiger partial charge is 0.495 e. The Bertz CT molecular complexity index is 616. The van der Waals surface area contributed by atoms with Crippen molar-refractivity contribution in [2.45, 2.75) is 19.9 Å². The van der Waals surface area contributed by atoms with E-state index in [1.807, 2.05) is 13.0 Å². The fourth-order valence-electron chi connectivity index (χ4n) is 1.94. The number of nitrogens with zero attached hydrogens (tertiary/aromatic N) is 2. The molecule has 21 heavy (non-hydrogen) atoms. The minimum absolute atomic E-state index is 0.0415. The second-order valence-corrected chi connectivity index (χ2v) is 4.59. The van der Waals surface area contributed by atoms with E-state index in [2.05, 4.69) is 20.6 Å². The molecule has 1 aromatic carbocycles. The third kappa shape index (κ3) is 3.92. The third-order valence-corrected chi connectivity index (χ3v) is 2.92. The Hall–Kier alpha value is -2.63. The van der Waals surface area contributed by atoms with E-state index < -0.39 is 0 Å². The van der Waals surface area contributed by atoms with Gasteiger partial charge < -0.3 is 15.4 Å². The highest BCUT2D eigenvalue weighted by Crippen LogP contribution is 2.30. The minimum atomic E-state index is -0.118. The Labute approximate surface area is 123 Å². The zero-order valence-electron chi connectivity index (χ0n) is 12.3. The molecule has 0 aliphatic heterocycles. The van der Waals surface area contributed by atoms with Crippen molar-refractivity contribution >= 4 is 17.3 Å². The first-order valence-electron chi connectivity index (χ1n) is 6.58.